The minimum atomic E-state index is -0.266. The Morgan fingerprint density at radius 1 is 1.16 bits per heavy atom. The molecule has 1 amide bonds. The molecular formula is C14H10BrClN2O. The van der Waals surface area contributed by atoms with Gasteiger partial charge in [0.1, 0.15) is 0 Å². The molecule has 0 aliphatic heterocycles. The number of amides is 1. The first-order valence-corrected chi connectivity index (χ1v) is 6.67. The summed E-state index contributed by atoms with van der Waals surface area (Å²) < 4.78 is 0.731. The first kappa shape index (κ1) is 13.8. The van der Waals surface area contributed by atoms with Gasteiger partial charge in [0.2, 0.25) is 0 Å². The molecule has 2 aromatic rings. The van der Waals surface area contributed by atoms with E-state index in [9.17, 15) is 4.79 Å². The van der Waals surface area contributed by atoms with Crippen molar-refractivity contribution in [3.8, 4) is 0 Å². The van der Waals surface area contributed by atoms with E-state index in [4.69, 9.17) is 11.6 Å². The van der Waals surface area contributed by atoms with Crippen molar-refractivity contribution in [1.82, 2.24) is 5.43 Å². The molecule has 96 valence electrons. The molecule has 0 fully saturated rings. The molecule has 0 saturated carbocycles. The van der Waals surface area contributed by atoms with Crippen LogP contribution < -0.4 is 5.43 Å². The van der Waals surface area contributed by atoms with E-state index in [1.54, 1.807) is 36.5 Å². The highest BCUT2D eigenvalue weighted by atomic mass is 79.9. The number of hydrogen-bond acceptors (Lipinski definition) is 2. The van der Waals surface area contributed by atoms with Crippen LogP contribution in [0, 0.1) is 0 Å². The molecule has 3 nitrogen and oxygen atoms in total. The summed E-state index contributed by atoms with van der Waals surface area (Å²) in [5, 5.41) is 4.56. The zero-order valence-electron chi connectivity index (χ0n) is 9.81. The molecule has 0 aromatic heterocycles. The molecule has 19 heavy (non-hydrogen) atoms. The molecule has 0 saturated heterocycles. The smallest absolute Gasteiger partial charge is 0.267 e. The summed E-state index contributed by atoms with van der Waals surface area (Å²) in [7, 11) is 0. The van der Waals surface area contributed by atoms with Crippen molar-refractivity contribution in [3.63, 3.8) is 0 Å². The number of rotatable bonds is 3. The fraction of sp³-hybridized carbons (Fsp3) is 0. The van der Waals surface area contributed by atoms with Gasteiger partial charge in [0.05, 0.1) is 11.8 Å². The Morgan fingerprint density at radius 3 is 2.53 bits per heavy atom. The molecule has 0 radical (unpaired) electrons. The van der Waals surface area contributed by atoms with E-state index in [1.807, 2.05) is 18.2 Å². The van der Waals surface area contributed by atoms with Crippen LogP contribution in [0.2, 0.25) is 5.02 Å². The van der Waals surface area contributed by atoms with Crippen molar-refractivity contribution in [1.29, 1.82) is 0 Å². The lowest BCUT2D eigenvalue weighted by molar-refractivity contribution is 0.0954. The monoisotopic (exact) mass is 336 g/mol. The van der Waals surface area contributed by atoms with Gasteiger partial charge < -0.3 is 0 Å². The van der Waals surface area contributed by atoms with E-state index in [0.29, 0.717) is 10.6 Å². The Kier molecular flexibility index (Phi) is 4.71. The van der Waals surface area contributed by atoms with Crippen LogP contribution in [0.25, 0.3) is 0 Å². The van der Waals surface area contributed by atoms with Crippen molar-refractivity contribution in [3.05, 3.63) is 69.2 Å². The number of hydrazone groups is 1. The standard InChI is InChI=1S/C14H10BrClN2O/c15-13-4-2-1-3-12(13)14(19)18-17-9-10-5-7-11(16)8-6-10/h1-9H,(H,18,19)/b17-9-. The fourth-order valence-corrected chi connectivity index (χ4v) is 2.01. The Bertz CT molecular complexity index is 611. The molecule has 5 heteroatoms. The van der Waals surface area contributed by atoms with Gasteiger partial charge in [0.15, 0.2) is 0 Å². The quantitative estimate of drug-likeness (QED) is 0.670. The molecule has 0 spiro atoms. The third kappa shape index (κ3) is 3.91. The summed E-state index contributed by atoms with van der Waals surface area (Å²) in [5.74, 6) is -0.266. The summed E-state index contributed by atoms with van der Waals surface area (Å²) >= 11 is 9.09. The number of hydrogen-bond donors (Lipinski definition) is 1. The van der Waals surface area contributed by atoms with Gasteiger partial charge >= 0.3 is 0 Å². The molecule has 0 aliphatic rings. The maximum Gasteiger partial charge on any atom is 0.272 e. The number of benzene rings is 2. The summed E-state index contributed by atoms with van der Waals surface area (Å²) in [5.41, 5.74) is 3.87. The predicted octanol–water partition coefficient (Wildman–Crippen LogP) is 3.87. The van der Waals surface area contributed by atoms with Gasteiger partial charge in [0, 0.05) is 9.50 Å². The van der Waals surface area contributed by atoms with Crippen molar-refractivity contribution < 1.29 is 4.79 Å². The lowest BCUT2D eigenvalue weighted by Gasteiger charge is -2.01. The van der Waals surface area contributed by atoms with Crippen LogP contribution in [0.15, 0.2) is 58.1 Å². The van der Waals surface area contributed by atoms with Crippen LogP contribution in [0.1, 0.15) is 15.9 Å². The highest BCUT2D eigenvalue weighted by Crippen LogP contribution is 2.15. The van der Waals surface area contributed by atoms with Crippen LogP contribution in [-0.4, -0.2) is 12.1 Å². The zero-order valence-corrected chi connectivity index (χ0v) is 12.1. The molecule has 0 atom stereocenters. The Labute approximate surface area is 124 Å². The maximum atomic E-state index is 11.8. The second-order valence-electron chi connectivity index (χ2n) is 3.73. The summed E-state index contributed by atoms with van der Waals surface area (Å²) in [6.45, 7) is 0. The summed E-state index contributed by atoms with van der Waals surface area (Å²) in [4.78, 5) is 11.8. The first-order valence-electron chi connectivity index (χ1n) is 5.50. The van der Waals surface area contributed by atoms with Gasteiger partial charge in [-0.3, -0.25) is 4.79 Å². The minimum absolute atomic E-state index is 0.266. The second kappa shape index (κ2) is 6.50. The molecule has 2 aromatic carbocycles. The van der Waals surface area contributed by atoms with E-state index >= 15 is 0 Å². The molecule has 0 bridgehead atoms. The fourth-order valence-electron chi connectivity index (χ4n) is 1.42. The second-order valence-corrected chi connectivity index (χ2v) is 5.02. The number of nitrogens with zero attached hydrogens (tertiary/aromatic N) is 1. The van der Waals surface area contributed by atoms with Crippen molar-refractivity contribution >= 4 is 39.7 Å². The molecule has 0 unspecified atom stereocenters. The summed E-state index contributed by atoms with van der Waals surface area (Å²) in [6.07, 6.45) is 1.56. The van der Waals surface area contributed by atoms with Gasteiger partial charge in [-0.2, -0.15) is 5.10 Å². The van der Waals surface area contributed by atoms with Crippen molar-refractivity contribution in [2.45, 2.75) is 0 Å². The Morgan fingerprint density at radius 2 is 1.84 bits per heavy atom. The number of carbonyl (C=O) groups is 1. The first-order chi connectivity index (χ1) is 9.16. The van der Waals surface area contributed by atoms with E-state index in [-0.39, 0.29) is 5.91 Å². The van der Waals surface area contributed by atoms with Gasteiger partial charge in [-0.15, -0.1) is 0 Å². The molecular weight excluding hydrogens is 328 g/mol. The number of halogens is 2. The van der Waals surface area contributed by atoms with Gasteiger partial charge in [-0.05, 0) is 45.8 Å². The van der Waals surface area contributed by atoms with E-state index in [2.05, 4.69) is 26.5 Å². The molecule has 2 rings (SSSR count). The highest BCUT2D eigenvalue weighted by Gasteiger charge is 2.07. The summed E-state index contributed by atoms with van der Waals surface area (Å²) in [6, 6.07) is 14.3. The zero-order chi connectivity index (χ0) is 13.7. The van der Waals surface area contributed by atoms with Crippen LogP contribution in [0.4, 0.5) is 0 Å². The van der Waals surface area contributed by atoms with Crippen LogP contribution in [0.3, 0.4) is 0 Å². The lowest BCUT2D eigenvalue weighted by Crippen LogP contribution is -2.18. The molecule has 1 N–H and O–H groups in total. The average molecular weight is 338 g/mol. The van der Waals surface area contributed by atoms with E-state index in [1.165, 1.54) is 0 Å². The number of carbonyl (C=O) groups excluding carboxylic acids is 1. The minimum Gasteiger partial charge on any atom is -0.267 e. The van der Waals surface area contributed by atoms with Crippen LogP contribution in [-0.2, 0) is 0 Å². The van der Waals surface area contributed by atoms with E-state index < -0.39 is 0 Å². The Hall–Kier alpha value is -1.65. The van der Waals surface area contributed by atoms with Crippen LogP contribution >= 0.6 is 27.5 Å². The predicted molar refractivity (Wildman–Crippen MR) is 80.7 cm³/mol. The molecule has 0 aliphatic carbocycles. The molecule has 0 heterocycles. The SMILES string of the molecule is O=C(N/N=C\c1ccc(Cl)cc1)c1ccccc1Br. The highest BCUT2D eigenvalue weighted by molar-refractivity contribution is 9.10. The Balaban J connectivity index is 2.01. The van der Waals surface area contributed by atoms with Crippen molar-refractivity contribution in [2.24, 2.45) is 5.10 Å². The average Bonchev–Trinajstić information content (AvgIpc) is 2.41. The van der Waals surface area contributed by atoms with Crippen LogP contribution in [0.5, 0.6) is 0 Å². The van der Waals surface area contributed by atoms with Gasteiger partial charge in [-0.25, -0.2) is 5.43 Å². The third-order valence-electron chi connectivity index (χ3n) is 2.37. The maximum absolute atomic E-state index is 11.8. The number of nitrogens with one attached hydrogen (secondary N) is 1. The third-order valence-corrected chi connectivity index (χ3v) is 3.31. The normalized spacial score (nSPS) is 10.6. The van der Waals surface area contributed by atoms with Crippen molar-refractivity contribution in [2.75, 3.05) is 0 Å². The van der Waals surface area contributed by atoms with Gasteiger partial charge in [0.25, 0.3) is 5.91 Å². The lowest BCUT2D eigenvalue weighted by atomic mass is 10.2. The topological polar surface area (TPSA) is 41.5 Å². The largest absolute Gasteiger partial charge is 0.272 e. The van der Waals surface area contributed by atoms with Gasteiger partial charge in [-0.1, -0.05) is 35.9 Å². The van der Waals surface area contributed by atoms with E-state index in [0.717, 1.165) is 10.0 Å².